The van der Waals surface area contributed by atoms with Gasteiger partial charge in [0.1, 0.15) is 18.2 Å². The summed E-state index contributed by atoms with van der Waals surface area (Å²) in [5.41, 5.74) is 0.00556. The molecule has 39 heavy (non-hydrogen) atoms. The number of carbonyl (C=O) groups is 1. The SMILES string of the molecule is CCC(=O)O.O=S(=O)(c1cccc(C(F)(F)F)c1)N1CCOc2ccc(/C=C/c3c(Cl)cc(F)cc3Cl)cc21. The molecule has 13 heteroatoms. The van der Waals surface area contributed by atoms with Gasteiger partial charge in [0.05, 0.1) is 32.7 Å². The minimum absolute atomic E-state index is 0.0289. The zero-order valence-electron chi connectivity index (χ0n) is 20.2. The maximum absolute atomic E-state index is 13.4. The second-order valence-corrected chi connectivity index (χ2v) is 10.7. The van der Waals surface area contributed by atoms with Crippen molar-refractivity contribution in [2.45, 2.75) is 24.4 Å². The number of sulfonamides is 1. The van der Waals surface area contributed by atoms with Crippen LogP contribution in [0, 0.1) is 5.82 Å². The highest BCUT2D eigenvalue weighted by Gasteiger charge is 2.34. The summed E-state index contributed by atoms with van der Waals surface area (Å²) < 4.78 is 85.8. The first-order chi connectivity index (χ1) is 18.2. The third-order valence-corrected chi connectivity index (χ3v) is 7.78. The Hall–Kier alpha value is -3.28. The number of carboxylic acids is 1. The lowest BCUT2D eigenvalue weighted by molar-refractivity contribution is -0.138. The lowest BCUT2D eigenvalue weighted by atomic mass is 10.1. The molecule has 1 aliphatic heterocycles. The molecule has 0 saturated carbocycles. The van der Waals surface area contributed by atoms with Crippen LogP contribution >= 0.6 is 23.2 Å². The van der Waals surface area contributed by atoms with Gasteiger partial charge in [0.15, 0.2) is 0 Å². The molecule has 4 rings (SSSR count). The highest BCUT2D eigenvalue weighted by molar-refractivity contribution is 7.92. The molecule has 1 N–H and O–H groups in total. The van der Waals surface area contributed by atoms with Crippen LogP contribution in [-0.4, -0.2) is 32.6 Å². The molecular weight excluding hydrogens is 585 g/mol. The predicted molar refractivity (Wildman–Crippen MR) is 141 cm³/mol. The Morgan fingerprint density at radius 1 is 1.08 bits per heavy atom. The van der Waals surface area contributed by atoms with E-state index < -0.39 is 38.4 Å². The van der Waals surface area contributed by atoms with Crippen molar-refractivity contribution >= 4 is 57.0 Å². The first-order valence-corrected chi connectivity index (χ1v) is 13.4. The lowest BCUT2D eigenvalue weighted by Crippen LogP contribution is -2.38. The molecule has 0 aromatic heterocycles. The summed E-state index contributed by atoms with van der Waals surface area (Å²) in [6, 6.07) is 10.5. The van der Waals surface area contributed by atoms with Crippen LogP contribution in [0.15, 0.2) is 59.5 Å². The van der Waals surface area contributed by atoms with Gasteiger partial charge in [-0.2, -0.15) is 13.2 Å². The number of ether oxygens (including phenoxy) is 1. The predicted octanol–water partition coefficient (Wildman–Crippen LogP) is 7.39. The van der Waals surface area contributed by atoms with E-state index in [-0.39, 0.29) is 41.1 Å². The number of nitrogens with zero attached hydrogens (tertiary/aromatic N) is 1. The first kappa shape index (κ1) is 30.3. The van der Waals surface area contributed by atoms with E-state index in [4.69, 9.17) is 33.0 Å². The van der Waals surface area contributed by atoms with E-state index in [0.29, 0.717) is 17.2 Å². The molecular formula is C26H21Cl2F4NO5S. The summed E-state index contributed by atoms with van der Waals surface area (Å²) in [6.45, 7) is 1.54. The summed E-state index contributed by atoms with van der Waals surface area (Å²) in [5.74, 6) is -1.07. The Morgan fingerprint density at radius 2 is 1.72 bits per heavy atom. The van der Waals surface area contributed by atoms with E-state index in [1.165, 1.54) is 6.07 Å². The minimum atomic E-state index is -4.69. The molecule has 0 amide bonds. The van der Waals surface area contributed by atoms with Gasteiger partial charge in [0, 0.05) is 12.0 Å². The quantitative estimate of drug-likeness (QED) is 0.242. The number of anilines is 1. The number of hydrogen-bond acceptors (Lipinski definition) is 4. The number of aliphatic carboxylic acids is 1. The smallest absolute Gasteiger partial charge is 0.416 e. The summed E-state index contributed by atoms with van der Waals surface area (Å²) in [7, 11) is -4.31. The van der Waals surface area contributed by atoms with E-state index in [1.807, 2.05) is 0 Å². The molecule has 0 radical (unpaired) electrons. The van der Waals surface area contributed by atoms with Crippen molar-refractivity contribution in [1.82, 2.24) is 0 Å². The molecule has 0 bridgehead atoms. The Morgan fingerprint density at radius 3 is 2.31 bits per heavy atom. The second-order valence-electron chi connectivity index (χ2n) is 8.04. The molecule has 0 saturated heterocycles. The standard InChI is InChI=1S/C23H15Cl2F4NO3S.C3H6O2/c24-19-12-16(26)13-20(25)18(19)6-4-14-5-7-22-21(10-14)30(8-9-33-22)34(31,32)17-3-1-2-15(11-17)23(27,28)29;1-2-3(4)5/h1-7,10-13H,8-9H2;2H2,1H3,(H,4,5)/b6-4+;. The van der Waals surface area contributed by atoms with Crippen LogP contribution in [0.1, 0.15) is 30.0 Å². The number of rotatable bonds is 5. The third kappa shape index (κ3) is 7.43. The van der Waals surface area contributed by atoms with E-state index in [1.54, 1.807) is 31.2 Å². The Kier molecular flexibility index (Phi) is 9.52. The van der Waals surface area contributed by atoms with Crippen LogP contribution < -0.4 is 9.04 Å². The van der Waals surface area contributed by atoms with Gasteiger partial charge in [-0.05, 0) is 48.0 Å². The largest absolute Gasteiger partial charge is 0.489 e. The highest BCUT2D eigenvalue weighted by Crippen LogP contribution is 2.38. The Balaban J connectivity index is 0.000000771. The highest BCUT2D eigenvalue weighted by atomic mass is 35.5. The van der Waals surface area contributed by atoms with Crippen molar-refractivity contribution in [2.75, 3.05) is 17.5 Å². The molecule has 0 unspecified atom stereocenters. The van der Waals surface area contributed by atoms with Crippen LogP contribution in [-0.2, 0) is 21.0 Å². The molecule has 0 spiro atoms. The topological polar surface area (TPSA) is 83.9 Å². The zero-order valence-corrected chi connectivity index (χ0v) is 22.5. The molecule has 1 heterocycles. The monoisotopic (exact) mass is 605 g/mol. The summed E-state index contributed by atoms with van der Waals surface area (Å²) in [5, 5.41) is 7.91. The van der Waals surface area contributed by atoms with Gasteiger partial charge < -0.3 is 9.84 Å². The lowest BCUT2D eigenvalue weighted by Gasteiger charge is -2.31. The van der Waals surface area contributed by atoms with Gasteiger partial charge >= 0.3 is 12.1 Å². The van der Waals surface area contributed by atoms with Crippen molar-refractivity contribution < 1.29 is 40.6 Å². The third-order valence-electron chi connectivity index (χ3n) is 5.34. The van der Waals surface area contributed by atoms with Crippen molar-refractivity contribution in [3.8, 4) is 5.75 Å². The number of halogens is 6. The number of carboxylic acid groups (broad SMARTS) is 1. The number of alkyl halides is 3. The number of benzene rings is 3. The maximum Gasteiger partial charge on any atom is 0.416 e. The van der Waals surface area contributed by atoms with Gasteiger partial charge in [0.25, 0.3) is 10.0 Å². The van der Waals surface area contributed by atoms with Crippen molar-refractivity contribution in [3.63, 3.8) is 0 Å². The van der Waals surface area contributed by atoms with Crippen LogP contribution in [0.2, 0.25) is 10.0 Å². The fourth-order valence-electron chi connectivity index (χ4n) is 3.42. The van der Waals surface area contributed by atoms with Gasteiger partial charge in [-0.25, -0.2) is 12.8 Å². The normalized spacial score (nSPS) is 13.4. The van der Waals surface area contributed by atoms with Gasteiger partial charge in [-0.3, -0.25) is 9.10 Å². The molecule has 0 atom stereocenters. The molecule has 0 fully saturated rings. The second kappa shape index (κ2) is 12.3. The fourth-order valence-corrected chi connectivity index (χ4v) is 5.50. The Labute approximate surface area is 232 Å². The van der Waals surface area contributed by atoms with Gasteiger partial charge in [-0.1, -0.05) is 54.4 Å². The molecule has 6 nitrogen and oxygen atoms in total. The molecule has 3 aromatic carbocycles. The fraction of sp³-hybridized carbons (Fsp3) is 0.192. The minimum Gasteiger partial charge on any atom is -0.489 e. The van der Waals surface area contributed by atoms with Crippen LogP contribution in [0.4, 0.5) is 23.2 Å². The van der Waals surface area contributed by atoms with Crippen LogP contribution in [0.5, 0.6) is 5.75 Å². The Bertz CT molecular complexity index is 1490. The molecule has 3 aromatic rings. The average molecular weight is 606 g/mol. The summed E-state index contributed by atoms with van der Waals surface area (Å²) in [4.78, 5) is 8.88. The maximum atomic E-state index is 13.4. The zero-order chi connectivity index (χ0) is 29.0. The molecule has 208 valence electrons. The summed E-state index contributed by atoms with van der Waals surface area (Å²) in [6.07, 6.45) is -1.33. The van der Waals surface area contributed by atoms with Crippen LogP contribution in [0.3, 0.4) is 0 Å². The molecule has 0 aliphatic carbocycles. The first-order valence-electron chi connectivity index (χ1n) is 11.2. The van der Waals surface area contributed by atoms with E-state index >= 15 is 0 Å². The van der Waals surface area contributed by atoms with Crippen LogP contribution in [0.25, 0.3) is 12.2 Å². The summed E-state index contributed by atoms with van der Waals surface area (Å²) >= 11 is 12.1. The van der Waals surface area contributed by atoms with Gasteiger partial charge in [0.2, 0.25) is 0 Å². The van der Waals surface area contributed by atoms with Gasteiger partial charge in [-0.15, -0.1) is 0 Å². The van der Waals surface area contributed by atoms with Crippen molar-refractivity contribution in [3.05, 3.63) is 87.2 Å². The van der Waals surface area contributed by atoms with E-state index in [0.717, 1.165) is 34.6 Å². The van der Waals surface area contributed by atoms with E-state index in [9.17, 15) is 30.8 Å². The average Bonchev–Trinajstić information content (AvgIpc) is 2.87. The van der Waals surface area contributed by atoms with E-state index in [2.05, 4.69) is 0 Å². The number of hydrogen-bond donors (Lipinski definition) is 1. The number of fused-ring (bicyclic) bond motifs is 1. The van der Waals surface area contributed by atoms with Crippen molar-refractivity contribution in [1.29, 1.82) is 0 Å². The molecule has 1 aliphatic rings. The van der Waals surface area contributed by atoms with Crippen molar-refractivity contribution in [2.24, 2.45) is 0 Å².